The average molecular weight is 304 g/mol. The monoisotopic (exact) mass is 304 g/mol. The van der Waals surface area contributed by atoms with Crippen molar-refractivity contribution in [1.82, 2.24) is 4.90 Å². The molecule has 21 heavy (non-hydrogen) atoms. The van der Waals surface area contributed by atoms with Gasteiger partial charge in [-0.3, -0.25) is 4.79 Å². The first-order chi connectivity index (χ1) is 10.1. The molecule has 1 aromatic carbocycles. The molecule has 2 aromatic rings. The minimum Gasteiger partial charge on any atom is -0.390 e. The molecule has 0 unspecified atom stereocenters. The third-order valence-corrected chi connectivity index (χ3v) is 5.05. The second-order valence-electron chi connectivity index (χ2n) is 5.27. The number of likely N-dealkylation sites (tertiary alicyclic amines) is 1. The number of carbonyl (C=O) groups is 1. The molecule has 0 saturated carbocycles. The second-order valence-corrected chi connectivity index (χ2v) is 6.33. The van der Waals surface area contributed by atoms with Gasteiger partial charge in [0.2, 0.25) is 0 Å². The molecular weight excluding hydrogens is 287 g/mol. The Morgan fingerprint density at radius 2 is 1.95 bits per heavy atom. The van der Waals surface area contributed by atoms with Crippen LogP contribution in [0.3, 0.4) is 0 Å². The minimum atomic E-state index is -0.290. The zero-order valence-electron chi connectivity index (χ0n) is 11.9. The lowest BCUT2D eigenvalue weighted by Gasteiger charge is -2.15. The van der Waals surface area contributed by atoms with Crippen molar-refractivity contribution >= 4 is 22.2 Å². The SMILES string of the molecule is Cc1c(-c2ccccc2F)sc(N)c1C(=O)N1CCCC1. The van der Waals surface area contributed by atoms with Crippen molar-refractivity contribution in [3.05, 3.63) is 41.2 Å². The molecule has 0 radical (unpaired) electrons. The van der Waals surface area contributed by atoms with E-state index in [2.05, 4.69) is 0 Å². The van der Waals surface area contributed by atoms with Crippen LogP contribution in [0.4, 0.5) is 9.39 Å². The van der Waals surface area contributed by atoms with Crippen molar-refractivity contribution in [3.8, 4) is 10.4 Å². The molecular formula is C16H17FN2OS. The largest absolute Gasteiger partial charge is 0.390 e. The van der Waals surface area contributed by atoms with E-state index in [1.807, 2.05) is 11.8 Å². The first-order valence-electron chi connectivity index (χ1n) is 7.02. The Bertz CT molecular complexity index is 690. The Morgan fingerprint density at radius 1 is 1.29 bits per heavy atom. The van der Waals surface area contributed by atoms with Crippen LogP contribution in [-0.4, -0.2) is 23.9 Å². The number of anilines is 1. The molecule has 0 bridgehead atoms. The Hall–Kier alpha value is -1.88. The zero-order chi connectivity index (χ0) is 15.0. The third kappa shape index (κ3) is 2.42. The third-order valence-electron chi connectivity index (χ3n) is 3.90. The number of benzene rings is 1. The summed E-state index contributed by atoms with van der Waals surface area (Å²) in [6.45, 7) is 3.41. The first-order valence-corrected chi connectivity index (χ1v) is 7.84. The minimum absolute atomic E-state index is 0.0265. The highest BCUT2D eigenvalue weighted by atomic mass is 32.1. The Kier molecular flexibility index (Phi) is 3.68. The van der Waals surface area contributed by atoms with Gasteiger partial charge in [-0.05, 0) is 31.4 Å². The van der Waals surface area contributed by atoms with Gasteiger partial charge in [-0.2, -0.15) is 0 Å². The molecule has 1 aliphatic heterocycles. The highest BCUT2D eigenvalue weighted by Gasteiger charge is 2.26. The first kappa shape index (κ1) is 14.1. The van der Waals surface area contributed by atoms with Gasteiger partial charge in [-0.25, -0.2) is 4.39 Å². The maximum atomic E-state index is 14.0. The molecule has 2 heterocycles. The van der Waals surface area contributed by atoms with E-state index in [0.717, 1.165) is 36.4 Å². The average Bonchev–Trinajstić information content (AvgIpc) is 3.08. The topological polar surface area (TPSA) is 46.3 Å². The summed E-state index contributed by atoms with van der Waals surface area (Å²) in [5.41, 5.74) is 7.87. The van der Waals surface area contributed by atoms with E-state index in [-0.39, 0.29) is 11.7 Å². The molecule has 2 N–H and O–H groups in total. The van der Waals surface area contributed by atoms with Crippen LogP contribution in [0.1, 0.15) is 28.8 Å². The van der Waals surface area contributed by atoms with E-state index in [1.165, 1.54) is 17.4 Å². The van der Waals surface area contributed by atoms with E-state index < -0.39 is 0 Å². The summed E-state index contributed by atoms with van der Waals surface area (Å²) < 4.78 is 14.0. The van der Waals surface area contributed by atoms with Crippen molar-refractivity contribution in [1.29, 1.82) is 0 Å². The van der Waals surface area contributed by atoms with Crippen molar-refractivity contribution in [2.45, 2.75) is 19.8 Å². The molecule has 1 aliphatic rings. The lowest BCUT2D eigenvalue weighted by Crippen LogP contribution is -2.28. The van der Waals surface area contributed by atoms with Gasteiger partial charge in [-0.15, -0.1) is 11.3 Å². The van der Waals surface area contributed by atoms with Gasteiger partial charge in [0.05, 0.1) is 10.6 Å². The molecule has 0 spiro atoms. The molecule has 3 nitrogen and oxygen atoms in total. The molecule has 1 amide bonds. The normalized spacial score (nSPS) is 14.7. The summed E-state index contributed by atoms with van der Waals surface area (Å²) in [6.07, 6.45) is 2.07. The van der Waals surface area contributed by atoms with Crippen LogP contribution in [0.2, 0.25) is 0 Å². The fourth-order valence-electron chi connectivity index (χ4n) is 2.78. The lowest BCUT2D eigenvalue weighted by atomic mass is 10.1. The van der Waals surface area contributed by atoms with Gasteiger partial charge >= 0.3 is 0 Å². The van der Waals surface area contributed by atoms with Gasteiger partial charge in [0, 0.05) is 23.5 Å². The van der Waals surface area contributed by atoms with Crippen LogP contribution in [0.25, 0.3) is 10.4 Å². The molecule has 1 fully saturated rings. The summed E-state index contributed by atoms with van der Waals surface area (Å²) >= 11 is 1.29. The van der Waals surface area contributed by atoms with Crippen molar-refractivity contribution < 1.29 is 9.18 Å². The Morgan fingerprint density at radius 3 is 2.62 bits per heavy atom. The number of hydrogen-bond acceptors (Lipinski definition) is 3. The number of halogens is 1. The van der Waals surface area contributed by atoms with Crippen LogP contribution in [0.15, 0.2) is 24.3 Å². The molecule has 0 aliphatic carbocycles. The second kappa shape index (κ2) is 5.48. The predicted molar refractivity (Wildman–Crippen MR) is 84.0 cm³/mol. The van der Waals surface area contributed by atoms with E-state index in [4.69, 9.17) is 5.73 Å². The number of amides is 1. The van der Waals surface area contributed by atoms with Crippen LogP contribution in [0, 0.1) is 12.7 Å². The number of carbonyl (C=O) groups excluding carboxylic acids is 1. The molecule has 3 rings (SSSR count). The highest BCUT2D eigenvalue weighted by Crippen LogP contribution is 2.39. The van der Waals surface area contributed by atoms with Crippen LogP contribution < -0.4 is 5.73 Å². The van der Waals surface area contributed by atoms with Crippen molar-refractivity contribution in [2.24, 2.45) is 0 Å². The van der Waals surface area contributed by atoms with Gasteiger partial charge in [0.15, 0.2) is 0 Å². The fraction of sp³-hybridized carbons (Fsp3) is 0.312. The van der Waals surface area contributed by atoms with Gasteiger partial charge in [0.25, 0.3) is 5.91 Å². The van der Waals surface area contributed by atoms with Gasteiger partial charge in [0.1, 0.15) is 5.82 Å². The zero-order valence-corrected chi connectivity index (χ0v) is 12.7. The number of thiophene rings is 1. The van der Waals surface area contributed by atoms with E-state index in [9.17, 15) is 9.18 Å². The van der Waals surface area contributed by atoms with E-state index in [0.29, 0.717) is 16.1 Å². The smallest absolute Gasteiger partial charge is 0.257 e. The standard InChI is InChI=1S/C16H17FN2OS/c1-10-13(16(20)19-8-4-5-9-19)15(18)21-14(10)11-6-2-3-7-12(11)17/h2-3,6-7H,4-5,8-9,18H2,1H3. The Labute approximate surface area is 127 Å². The maximum Gasteiger partial charge on any atom is 0.257 e. The highest BCUT2D eigenvalue weighted by molar-refractivity contribution is 7.19. The molecule has 0 atom stereocenters. The summed E-state index contributed by atoms with van der Waals surface area (Å²) in [7, 11) is 0. The van der Waals surface area contributed by atoms with E-state index in [1.54, 1.807) is 18.2 Å². The summed E-state index contributed by atoms with van der Waals surface area (Å²) in [5.74, 6) is -0.316. The van der Waals surface area contributed by atoms with E-state index >= 15 is 0 Å². The Balaban J connectivity index is 2.04. The van der Waals surface area contributed by atoms with Crippen LogP contribution in [-0.2, 0) is 0 Å². The summed E-state index contributed by atoms with van der Waals surface area (Å²) in [6, 6.07) is 6.58. The van der Waals surface area contributed by atoms with Gasteiger partial charge in [-0.1, -0.05) is 18.2 Å². The predicted octanol–water partition coefficient (Wildman–Crippen LogP) is 3.68. The lowest BCUT2D eigenvalue weighted by molar-refractivity contribution is 0.0793. The maximum absolute atomic E-state index is 14.0. The molecule has 5 heteroatoms. The molecule has 1 aromatic heterocycles. The summed E-state index contributed by atoms with van der Waals surface area (Å²) in [4.78, 5) is 15.2. The molecule has 1 saturated heterocycles. The van der Waals surface area contributed by atoms with Crippen LogP contribution >= 0.6 is 11.3 Å². The molecule has 110 valence electrons. The summed E-state index contributed by atoms with van der Waals surface area (Å²) in [5, 5.41) is 0.475. The number of hydrogen-bond donors (Lipinski definition) is 1. The number of rotatable bonds is 2. The fourth-order valence-corrected chi connectivity index (χ4v) is 3.88. The van der Waals surface area contributed by atoms with Crippen LogP contribution in [0.5, 0.6) is 0 Å². The number of nitrogen functional groups attached to an aromatic ring is 1. The number of nitrogens with zero attached hydrogens (tertiary/aromatic N) is 1. The van der Waals surface area contributed by atoms with Crippen molar-refractivity contribution in [2.75, 3.05) is 18.8 Å². The van der Waals surface area contributed by atoms with Gasteiger partial charge < -0.3 is 10.6 Å². The number of nitrogens with two attached hydrogens (primary N) is 1. The quantitative estimate of drug-likeness (QED) is 0.920. The van der Waals surface area contributed by atoms with Crippen molar-refractivity contribution in [3.63, 3.8) is 0 Å².